The SMILES string of the molecule is CSc1ccc2sc3c(c2c1)N(CC=C(C)C)CCNC3=O. The molecule has 3 nitrogen and oxygen atoms in total. The predicted octanol–water partition coefficient (Wildman–Crippen LogP) is 4.14. The Hall–Kier alpha value is -1.46. The Morgan fingerprint density at radius 2 is 2.27 bits per heavy atom. The molecular weight excluding hydrogens is 312 g/mol. The Morgan fingerprint density at radius 1 is 1.45 bits per heavy atom. The third kappa shape index (κ3) is 2.88. The molecule has 1 aliphatic heterocycles. The van der Waals surface area contributed by atoms with Crippen LogP contribution in [0.15, 0.2) is 34.7 Å². The van der Waals surface area contributed by atoms with Gasteiger partial charge >= 0.3 is 0 Å². The van der Waals surface area contributed by atoms with E-state index in [1.54, 1.807) is 23.1 Å². The lowest BCUT2D eigenvalue weighted by Gasteiger charge is -2.21. The van der Waals surface area contributed by atoms with E-state index in [1.807, 2.05) is 0 Å². The summed E-state index contributed by atoms with van der Waals surface area (Å²) in [6.07, 6.45) is 4.31. The second-order valence-electron chi connectivity index (χ2n) is 5.63. The molecule has 1 aromatic carbocycles. The first-order valence-electron chi connectivity index (χ1n) is 7.37. The Morgan fingerprint density at radius 3 is 3.00 bits per heavy atom. The van der Waals surface area contributed by atoms with Crippen molar-refractivity contribution in [2.75, 3.05) is 30.8 Å². The lowest BCUT2D eigenvalue weighted by Crippen LogP contribution is -2.30. The first kappa shape index (κ1) is 15.4. The van der Waals surface area contributed by atoms with Gasteiger partial charge in [0.2, 0.25) is 0 Å². The molecule has 3 rings (SSSR count). The number of hydrogen-bond acceptors (Lipinski definition) is 4. The van der Waals surface area contributed by atoms with Gasteiger partial charge in [-0.25, -0.2) is 0 Å². The molecule has 1 amide bonds. The minimum Gasteiger partial charge on any atom is -0.364 e. The number of nitrogens with zero attached hydrogens (tertiary/aromatic N) is 1. The van der Waals surface area contributed by atoms with E-state index < -0.39 is 0 Å². The highest BCUT2D eigenvalue weighted by Gasteiger charge is 2.25. The molecule has 0 unspecified atom stereocenters. The summed E-state index contributed by atoms with van der Waals surface area (Å²) in [5, 5.41) is 4.21. The number of carbonyl (C=O) groups excluding carboxylic acids is 1. The summed E-state index contributed by atoms with van der Waals surface area (Å²) >= 11 is 3.33. The number of hydrogen-bond donors (Lipinski definition) is 1. The second kappa shape index (κ2) is 6.34. The van der Waals surface area contributed by atoms with Gasteiger partial charge in [-0.05, 0) is 38.3 Å². The van der Waals surface area contributed by atoms with Gasteiger partial charge in [-0.15, -0.1) is 23.1 Å². The monoisotopic (exact) mass is 332 g/mol. The van der Waals surface area contributed by atoms with E-state index in [2.05, 4.69) is 54.6 Å². The molecule has 1 aliphatic rings. The van der Waals surface area contributed by atoms with Gasteiger partial charge in [0, 0.05) is 34.6 Å². The topological polar surface area (TPSA) is 32.3 Å². The van der Waals surface area contributed by atoms with Crippen LogP contribution in [0.5, 0.6) is 0 Å². The molecule has 116 valence electrons. The van der Waals surface area contributed by atoms with Crippen LogP contribution in [0.1, 0.15) is 23.5 Å². The van der Waals surface area contributed by atoms with Gasteiger partial charge in [0.25, 0.3) is 5.91 Å². The van der Waals surface area contributed by atoms with Crippen molar-refractivity contribution in [3.63, 3.8) is 0 Å². The van der Waals surface area contributed by atoms with Crippen molar-refractivity contribution < 1.29 is 4.79 Å². The molecule has 0 saturated heterocycles. The van der Waals surface area contributed by atoms with Crippen molar-refractivity contribution in [2.24, 2.45) is 0 Å². The van der Waals surface area contributed by atoms with Crippen LogP contribution in [0.4, 0.5) is 5.69 Å². The number of benzene rings is 1. The molecule has 0 radical (unpaired) electrons. The van der Waals surface area contributed by atoms with E-state index in [1.165, 1.54) is 20.6 Å². The van der Waals surface area contributed by atoms with Crippen molar-refractivity contribution in [3.8, 4) is 0 Å². The average Bonchev–Trinajstić information content (AvgIpc) is 2.81. The summed E-state index contributed by atoms with van der Waals surface area (Å²) in [5.41, 5.74) is 2.40. The molecule has 1 aromatic heterocycles. The highest BCUT2D eigenvalue weighted by molar-refractivity contribution is 7.98. The smallest absolute Gasteiger partial charge is 0.263 e. The summed E-state index contributed by atoms with van der Waals surface area (Å²) < 4.78 is 1.18. The molecule has 5 heteroatoms. The zero-order valence-corrected chi connectivity index (χ0v) is 14.7. The van der Waals surface area contributed by atoms with Crippen LogP contribution < -0.4 is 10.2 Å². The van der Waals surface area contributed by atoms with Crippen LogP contribution in [-0.2, 0) is 0 Å². The molecule has 0 fully saturated rings. The molecule has 1 N–H and O–H groups in total. The standard InChI is InChI=1S/C17H20N2OS2/c1-11(2)6-8-19-9-7-18-17(20)16-15(19)13-10-12(21-3)4-5-14(13)22-16/h4-6,10H,7-9H2,1-3H3,(H,18,20). The first-order chi connectivity index (χ1) is 10.6. The Bertz CT molecular complexity index is 744. The first-order valence-corrected chi connectivity index (χ1v) is 9.41. The van der Waals surface area contributed by atoms with Gasteiger partial charge in [0.1, 0.15) is 4.88 Å². The number of nitrogens with one attached hydrogen (secondary N) is 1. The number of rotatable bonds is 3. The molecule has 0 aliphatic carbocycles. The molecule has 2 heterocycles. The lowest BCUT2D eigenvalue weighted by atomic mass is 10.2. The number of thiophene rings is 1. The van der Waals surface area contributed by atoms with Crippen molar-refractivity contribution in [2.45, 2.75) is 18.7 Å². The van der Waals surface area contributed by atoms with Crippen molar-refractivity contribution in [3.05, 3.63) is 34.7 Å². The molecule has 2 aromatic rings. The summed E-state index contributed by atoms with van der Waals surface area (Å²) in [5.74, 6) is 0.0570. The number of fused-ring (bicyclic) bond motifs is 3. The van der Waals surface area contributed by atoms with Gasteiger partial charge in [0.15, 0.2) is 0 Å². The van der Waals surface area contributed by atoms with Crippen LogP contribution in [0.3, 0.4) is 0 Å². The minimum atomic E-state index is 0.0570. The zero-order chi connectivity index (χ0) is 15.7. The molecule has 0 spiro atoms. The van der Waals surface area contributed by atoms with E-state index in [4.69, 9.17) is 0 Å². The van der Waals surface area contributed by atoms with Gasteiger partial charge in [-0.3, -0.25) is 4.79 Å². The largest absolute Gasteiger partial charge is 0.364 e. The maximum Gasteiger partial charge on any atom is 0.263 e. The average molecular weight is 332 g/mol. The maximum absolute atomic E-state index is 12.4. The maximum atomic E-state index is 12.4. The number of carbonyl (C=O) groups is 1. The normalized spacial score (nSPS) is 14.5. The molecule has 0 saturated carbocycles. The van der Waals surface area contributed by atoms with E-state index in [-0.39, 0.29) is 5.91 Å². The van der Waals surface area contributed by atoms with Crippen LogP contribution in [-0.4, -0.2) is 31.8 Å². The summed E-state index contributed by atoms with van der Waals surface area (Å²) in [6.45, 7) is 6.61. The fourth-order valence-corrected chi connectivity index (χ4v) is 4.19. The van der Waals surface area contributed by atoms with Crippen molar-refractivity contribution >= 4 is 44.8 Å². The van der Waals surface area contributed by atoms with E-state index in [0.717, 1.165) is 23.7 Å². The van der Waals surface area contributed by atoms with Gasteiger partial charge in [-0.1, -0.05) is 11.6 Å². The lowest BCUT2D eigenvalue weighted by molar-refractivity contribution is 0.0962. The molecule has 22 heavy (non-hydrogen) atoms. The van der Waals surface area contributed by atoms with E-state index in [9.17, 15) is 4.79 Å². The number of amides is 1. The number of allylic oxidation sites excluding steroid dienone is 1. The fourth-order valence-electron chi connectivity index (χ4n) is 2.63. The van der Waals surface area contributed by atoms with Crippen LogP contribution in [0, 0.1) is 0 Å². The highest BCUT2D eigenvalue weighted by Crippen LogP contribution is 2.40. The quantitative estimate of drug-likeness (QED) is 0.677. The van der Waals surface area contributed by atoms with Gasteiger partial charge in [-0.2, -0.15) is 0 Å². The van der Waals surface area contributed by atoms with Gasteiger partial charge in [0.05, 0.1) is 5.69 Å². The predicted molar refractivity (Wildman–Crippen MR) is 97.6 cm³/mol. The van der Waals surface area contributed by atoms with E-state index in [0.29, 0.717) is 6.54 Å². The Kier molecular flexibility index (Phi) is 4.45. The molecular formula is C17H20N2OS2. The summed E-state index contributed by atoms with van der Waals surface area (Å²) in [6, 6.07) is 6.47. The van der Waals surface area contributed by atoms with Crippen LogP contribution in [0.25, 0.3) is 10.1 Å². The molecule has 0 atom stereocenters. The van der Waals surface area contributed by atoms with Crippen LogP contribution >= 0.6 is 23.1 Å². The van der Waals surface area contributed by atoms with E-state index >= 15 is 0 Å². The third-order valence-electron chi connectivity index (χ3n) is 3.78. The van der Waals surface area contributed by atoms with Crippen molar-refractivity contribution in [1.29, 1.82) is 0 Å². The second-order valence-corrected chi connectivity index (χ2v) is 7.56. The summed E-state index contributed by atoms with van der Waals surface area (Å²) in [4.78, 5) is 16.8. The fraction of sp³-hybridized carbons (Fsp3) is 0.353. The van der Waals surface area contributed by atoms with Crippen molar-refractivity contribution in [1.82, 2.24) is 5.32 Å². The minimum absolute atomic E-state index is 0.0570. The number of thioether (sulfide) groups is 1. The van der Waals surface area contributed by atoms with Crippen LogP contribution in [0.2, 0.25) is 0 Å². The highest BCUT2D eigenvalue weighted by atomic mass is 32.2. The zero-order valence-electron chi connectivity index (χ0n) is 13.1. The Labute approximate surface area is 139 Å². The third-order valence-corrected chi connectivity index (χ3v) is 5.66. The van der Waals surface area contributed by atoms with Gasteiger partial charge < -0.3 is 10.2 Å². The Balaban J connectivity index is 2.16. The number of anilines is 1. The molecule has 0 bridgehead atoms. The summed E-state index contributed by atoms with van der Waals surface area (Å²) in [7, 11) is 0.